The van der Waals surface area contributed by atoms with Gasteiger partial charge in [0.2, 0.25) is 0 Å². The predicted molar refractivity (Wildman–Crippen MR) is 80.6 cm³/mol. The Bertz CT molecular complexity index is 676. The number of halogens is 2. The first-order chi connectivity index (χ1) is 9.99. The Kier molecular flexibility index (Phi) is 4.80. The van der Waals surface area contributed by atoms with Gasteiger partial charge in [0.1, 0.15) is 18.2 Å². The quantitative estimate of drug-likeness (QED) is 0.674. The number of methoxy groups -OCH3 is 1. The zero-order valence-electron chi connectivity index (χ0n) is 11.2. The SMILES string of the molecule is COc1cc(N)cc(C(=O)OCc2cc(F)ccc2Br)c1. The van der Waals surface area contributed by atoms with Crippen LogP contribution < -0.4 is 10.5 Å². The molecule has 0 amide bonds. The lowest BCUT2D eigenvalue weighted by atomic mass is 10.2. The number of anilines is 1. The molecule has 0 aromatic heterocycles. The summed E-state index contributed by atoms with van der Waals surface area (Å²) in [6.45, 7) is -0.0473. The Labute approximate surface area is 129 Å². The minimum absolute atomic E-state index is 0.0473. The van der Waals surface area contributed by atoms with E-state index in [1.807, 2.05) is 0 Å². The third kappa shape index (κ3) is 3.95. The first kappa shape index (κ1) is 15.3. The maximum Gasteiger partial charge on any atom is 0.338 e. The Morgan fingerprint density at radius 1 is 1.29 bits per heavy atom. The molecule has 0 spiro atoms. The number of hydrogen-bond acceptors (Lipinski definition) is 4. The number of rotatable bonds is 4. The zero-order chi connectivity index (χ0) is 15.4. The molecule has 110 valence electrons. The van der Waals surface area contributed by atoms with E-state index in [0.29, 0.717) is 21.5 Å². The first-order valence-corrected chi connectivity index (χ1v) is 6.84. The summed E-state index contributed by atoms with van der Waals surface area (Å²) in [6.07, 6.45) is 0. The number of carbonyl (C=O) groups excluding carboxylic acids is 1. The van der Waals surface area contributed by atoms with Gasteiger partial charge >= 0.3 is 5.97 Å². The second-order valence-corrected chi connectivity index (χ2v) is 5.16. The molecule has 2 aromatic carbocycles. The van der Waals surface area contributed by atoms with Crippen molar-refractivity contribution in [1.82, 2.24) is 0 Å². The Hall–Kier alpha value is -2.08. The van der Waals surface area contributed by atoms with Gasteiger partial charge in [-0.15, -0.1) is 0 Å². The molecule has 0 atom stereocenters. The van der Waals surface area contributed by atoms with Crippen molar-refractivity contribution in [2.45, 2.75) is 6.61 Å². The number of ether oxygens (including phenoxy) is 2. The van der Waals surface area contributed by atoms with Gasteiger partial charge in [0.05, 0.1) is 12.7 Å². The average molecular weight is 354 g/mol. The number of carbonyl (C=O) groups is 1. The highest BCUT2D eigenvalue weighted by molar-refractivity contribution is 9.10. The average Bonchev–Trinajstić information content (AvgIpc) is 2.47. The first-order valence-electron chi connectivity index (χ1n) is 6.05. The van der Waals surface area contributed by atoms with E-state index in [9.17, 15) is 9.18 Å². The van der Waals surface area contributed by atoms with Gasteiger partial charge < -0.3 is 15.2 Å². The summed E-state index contributed by atoms with van der Waals surface area (Å²) < 4.78 is 24.0. The molecule has 0 aliphatic rings. The predicted octanol–water partition coefficient (Wildman–Crippen LogP) is 3.54. The second-order valence-electron chi connectivity index (χ2n) is 4.31. The van der Waals surface area contributed by atoms with Gasteiger partial charge in [-0.3, -0.25) is 0 Å². The fourth-order valence-electron chi connectivity index (χ4n) is 1.74. The molecule has 0 aliphatic carbocycles. The largest absolute Gasteiger partial charge is 0.497 e. The Morgan fingerprint density at radius 2 is 2.05 bits per heavy atom. The number of nitrogen functional groups attached to an aromatic ring is 1. The molecule has 2 N–H and O–H groups in total. The Morgan fingerprint density at radius 3 is 2.76 bits per heavy atom. The number of hydrogen-bond donors (Lipinski definition) is 1. The fraction of sp³-hybridized carbons (Fsp3) is 0.133. The van der Waals surface area contributed by atoms with Crippen LogP contribution in [0.15, 0.2) is 40.9 Å². The number of esters is 1. The van der Waals surface area contributed by atoms with Crippen LogP contribution >= 0.6 is 15.9 Å². The van der Waals surface area contributed by atoms with Crippen molar-refractivity contribution < 1.29 is 18.7 Å². The summed E-state index contributed by atoms with van der Waals surface area (Å²) in [5, 5.41) is 0. The summed E-state index contributed by atoms with van der Waals surface area (Å²) in [7, 11) is 1.48. The van der Waals surface area contributed by atoms with E-state index in [1.165, 1.54) is 31.4 Å². The molecule has 0 saturated carbocycles. The second kappa shape index (κ2) is 6.58. The fourth-order valence-corrected chi connectivity index (χ4v) is 2.10. The van der Waals surface area contributed by atoms with Crippen LogP contribution in [-0.2, 0) is 11.3 Å². The van der Waals surface area contributed by atoms with Crippen molar-refractivity contribution in [3.8, 4) is 5.75 Å². The molecule has 4 nitrogen and oxygen atoms in total. The Balaban J connectivity index is 2.11. The van der Waals surface area contributed by atoms with Crippen molar-refractivity contribution >= 4 is 27.6 Å². The molecule has 0 saturated heterocycles. The highest BCUT2D eigenvalue weighted by atomic mass is 79.9. The van der Waals surface area contributed by atoms with Gasteiger partial charge in [-0.2, -0.15) is 0 Å². The minimum Gasteiger partial charge on any atom is -0.497 e. The van der Waals surface area contributed by atoms with E-state index in [0.717, 1.165) is 0 Å². The van der Waals surface area contributed by atoms with E-state index >= 15 is 0 Å². The van der Waals surface area contributed by atoms with Gasteiger partial charge in [-0.25, -0.2) is 9.18 Å². The van der Waals surface area contributed by atoms with Crippen molar-refractivity contribution in [2.24, 2.45) is 0 Å². The van der Waals surface area contributed by atoms with Gasteiger partial charge in [-0.05, 0) is 30.3 Å². The van der Waals surface area contributed by atoms with Crippen LogP contribution in [0.1, 0.15) is 15.9 Å². The summed E-state index contributed by atoms with van der Waals surface area (Å²) in [4.78, 5) is 12.0. The maximum atomic E-state index is 13.2. The third-order valence-electron chi connectivity index (χ3n) is 2.77. The molecule has 6 heteroatoms. The lowest BCUT2D eigenvalue weighted by Crippen LogP contribution is -2.07. The van der Waals surface area contributed by atoms with Crippen LogP contribution in [0.4, 0.5) is 10.1 Å². The van der Waals surface area contributed by atoms with Crippen molar-refractivity contribution in [3.63, 3.8) is 0 Å². The van der Waals surface area contributed by atoms with Gasteiger partial charge in [0, 0.05) is 21.8 Å². The van der Waals surface area contributed by atoms with Crippen LogP contribution in [0.3, 0.4) is 0 Å². The van der Waals surface area contributed by atoms with Crippen LogP contribution in [0.5, 0.6) is 5.75 Å². The lowest BCUT2D eigenvalue weighted by Gasteiger charge is -2.09. The van der Waals surface area contributed by atoms with E-state index in [1.54, 1.807) is 12.1 Å². The summed E-state index contributed by atoms with van der Waals surface area (Å²) >= 11 is 3.27. The highest BCUT2D eigenvalue weighted by Gasteiger charge is 2.11. The van der Waals surface area contributed by atoms with Crippen molar-refractivity contribution in [3.05, 3.63) is 57.8 Å². The van der Waals surface area contributed by atoms with E-state index in [2.05, 4.69) is 15.9 Å². The van der Waals surface area contributed by atoms with Crippen LogP contribution in [-0.4, -0.2) is 13.1 Å². The maximum absolute atomic E-state index is 13.2. The molecule has 2 rings (SSSR count). The van der Waals surface area contributed by atoms with Crippen LogP contribution in [0.2, 0.25) is 0 Å². The topological polar surface area (TPSA) is 61.5 Å². The van der Waals surface area contributed by atoms with Crippen LogP contribution in [0, 0.1) is 5.82 Å². The zero-order valence-corrected chi connectivity index (χ0v) is 12.8. The number of nitrogens with two attached hydrogens (primary N) is 1. The molecule has 0 aliphatic heterocycles. The standard InChI is InChI=1S/C15H13BrFNO3/c1-20-13-6-9(5-12(18)7-13)15(19)21-8-10-4-11(17)2-3-14(10)16/h2-7H,8,18H2,1H3. The van der Waals surface area contributed by atoms with Crippen molar-refractivity contribution in [2.75, 3.05) is 12.8 Å². The molecule has 0 unspecified atom stereocenters. The molecule has 0 bridgehead atoms. The van der Waals surface area contributed by atoms with Crippen molar-refractivity contribution in [1.29, 1.82) is 0 Å². The third-order valence-corrected chi connectivity index (χ3v) is 3.54. The lowest BCUT2D eigenvalue weighted by molar-refractivity contribution is 0.0471. The molecular formula is C15H13BrFNO3. The monoisotopic (exact) mass is 353 g/mol. The summed E-state index contributed by atoms with van der Waals surface area (Å²) in [5.41, 5.74) is 6.89. The molecule has 0 fully saturated rings. The number of benzene rings is 2. The van der Waals surface area contributed by atoms with E-state index in [4.69, 9.17) is 15.2 Å². The smallest absolute Gasteiger partial charge is 0.338 e. The minimum atomic E-state index is -0.559. The molecule has 0 radical (unpaired) electrons. The molecule has 0 heterocycles. The van der Waals surface area contributed by atoms with E-state index in [-0.39, 0.29) is 12.2 Å². The molecular weight excluding hydrogens is 341 g/mol. The van der Waals surface area contributed by atoms with Gasteiger partial charge in [0.15, 0.2) is 0 Å². The van der Waals surface area contributed by atoms with Gasteiger partial charge in [0.25, 0.3) is 0 Å². The molecule has 21 heavy (non-hydrogen) atoms. The highest BCUT2D eigenvalue weighted by Crippen LogP contribution is 2.21. The molecule has 2 aromatic rings. The summed E-state index contributed by atoms with van der Waals surface area (Å²) in [6, 6.07) is 8.79. The summed E-state index contributed by atoms with van der Waals surface area (Å²) in [5.74, 6) is -0.486. The van der Waals surface area contributed by atoms with Gasteiger partial charge in [-0.1, -0.05) is 15.9 Å². The normalized spacial score (nSPS) is 10.2. The van der Waals surface area contributed by atoms with E-state index < -0.39 is 11.8 Å². The van der Waals surface area contributed by atoms with Crippen LogP contribution in [0.25, 0.3) is 0 Å².